The predicted octanol–water partition coefficient (Wildman–Crippen LogP) is 2.41. The number of rotatable bonds is 3. The first-order valence-electron chi connectivity index (χ1n) is 6.46. The molecule has 3 rings (SSSR count). The van der Waals surface area contributed by atoms with Gasteiger partial charge in [0.1, 0.15) is 4.88 Å². The molecule has 7 heteroatoms. The second kappa shape index (κ2) is 5.23. The van der Waals surface area contributed by atoms with Gasteiger partial charge in [0.05, 0.1) is 22.2 Å². The van der Waals surface area contributed by atoms with E-state index in [0.717, 1.165) is 16.9 Å². The lowest BCUT2D eigenvalue weighted by Gasteiger charge is -2.01. The molecule has 1 atom stereocenters. The van der Waals surface area contributed by atoms with E-state index in [4.69, 9.17) is 0 Å². The Hall–Kier alpha value is -1.73. The third-order valence-electron chi connectivity index (χ3n) is 3.47. The van der Waals surface area contributed by atoms with Gasteiger partial charge >= 0.3 is 5.97 Å². The molecule has 0 bridgehead atoms. The van der Waals surface area contributed by atoms with Crippen LogP contribution in [0, 0.1) is 0 Å². The van der Waals surface area contributed by atoms with Crippen molar-refractivity contribution in [2.45, 2.75) is 12.3 Å². The molecule has 2 aromatic rings. The van der Waals surface area contributed by atoms with E-state index in [1.54, 1.807) is 12.1 Å². The van der Waals surface area contributed by atoms with Crippen molar-refractivity contribution in [1.29, 1.82) is 0 Å². The third-order valence-corrected chi connectivity index (χ3v) is 6.44. The van der Waals surface area contributed by atoms with Gasteiger partial charge in [0.2, 0.25) is 0 Å². The fourth-order valence-electron chi connectivity index (χ4n) is 2.44. The van der Waals surface area contributed by atoms with Gasteiger partial charge in [0.25, 0.3) is 0 Å². The Balaban J connectivity index is 2.04. The summed E-state index contributed by atoms with van der Waals surface area (Å²) in [5.41, 5.74) is 1.16. The molecule has 1 aliphatic heterocycles. The summed E-state index contributed by atoms with van der Waals surface area (Å²) in [6, 6.07) is 9.09. The van der Waals surface area contributed by atoms with Crippen LogP contribution in [0.15, 0.2) is 30.3 Å². The molecule has 1 fully saturated rings. The first kappa shape index (κ1) is 14.2. The van der Waals surface area contributed by atoms with E-state index >= 15 is 0 Å². The second-order valence-electron chi connectivity index (χ2n) is 5.00. The molecule has 1 saturated heterocycles. The summed E-state index contributed by atoms with van der Waals surface area (Å²) in [6.07, 6.45) is 0.517. The summed E-state index contributed by atoms with van der Waals surface area (Å²) in [6.45, 7) is 0. The molecule has 1 aromatic heterocycles. The van der Waals surface area contributed by atoms with Gasteiger partial charge in [-0.2, -0.15) is 0 Å². The van der Waals surface area contributed by atoms with Gasteiger partial charge < -0.3 is 5.11 Å². The number of carbonyl (C=O) groups is 1. The van der Waals surface area contributed by atoms with Crippen molar-refractivity contribution in [3.8, 4) is 11.3 Å². The quantitative estimate of drug-likeness (QED) is 0.937. The molecule has 1 aliphatic rings. The number of benzene rings is 1. The molecule has 1 N–H and O–H groups in total. The number of thiazole rings is 1. The molecule has 21 heavy (non-hydrogen) atoms. The monoisotopic (exact) mass is 323 g/mol. The first-order chi connectivity index (χ1) is 9.96. The molecule has 0 spiro atoms. The van der Waals surface area contributed by atoms with Crippen molar-refractivity contribution in [2.24, 2.45) is 0 Å². The Morgan fingerprint density at radius 1 is 1.29 bits per heavy atom. The topological polar surface area (TPSA) is 84.3 Å². The molecule has 0 saturated carbocycles. The summed E-state index contributed by atoms with van der Waals surface area (Å²) in [4.78, 5) is 16.0. The second-order valence-corrected chi connectivity index (χ2v) is 8.26. The summed E-state index contributed by atoms with van der Waals surface area (Å²) in [5.74, 6) is -0.997. The first-order valence-corrected chi connectivity index (χ1v) is 9.10. The van der Waals surface area contributed by atoms with Crippen LogP contribution in [0.5, 0.6) is 0 Å². The van der Waals surface area contributed by atoms with Crippen molar-refractivity contribution in [3.63, 3.8) is 0 Å². The Morgan fingerprint density at radius 3 is 2.57 bits per heavy atom. The van der Waals surface area contributed by atoms with Crippen LogP contribution in [-0.2, 0) is 9.84 Å². The molecular formula is C14H13NO4S2. The fourth-order valence-corrected chi connectivity index (χ4v) is 5.35. The fraction of sp³-hybridized carbons (Fsp3) is 0.286. The molecule has 2 heterocycles. The minimum Gasteiger partial charge on any atom is -0.477 e. The van der Waals surface area contributed by atoms with Crippen LogP contribution in [0.1, 0.15) is 27.0 Å². The van der Waals surface area contributed by atoms with Crippen LogP contribution in [0.3, 0.4) is 0 Å². The Labute approximate surface area is 126 Å². The van der Waals surface area contributed by atoms with Crippen LogP contribution in [0.4, 0.5) is 0 Å². The minimum atomic E-state index is -3.01. The molecule has 0 amide bonds. The lowest BCUT2D eigenvalue weighted by Crippen LogP contribution is -2.03. The maximum Gasteiger partial charge on any atom is 0.348 e. The zero-order valence-corrected chi connectivity index (χ0v) is 12.7. The van der Waals surface area contributed by atoms with Gasteiger partial charge in [-0.25, -0.2) is 18.2 Å². The minimum absolute atomic E-state index is 0.0633. The van der Waals surface area contributed by atoms with Gasteiger partial charge in [0.15, 0.2) is 9.84 Å². The smallest absolute Gasteiger partial charge is 0.348 e. The van der Waals surface area contributed by atoms with E-state index in [2.05, 4.69) is 4.98 Å². The predicted molar refractivity (Wildman–Crippen MR) is 80.5 cm³/mol. The largest absolute Gasteiger partial charge is 0.477 e. The molecule has 5 nitrogen and oxygen atoms in total. The average molecular weight is 323 g/mol. The average Bonchev–Trinajstić information content (AvgIpc) is 3.03. The van der Waals surface area contributed by atoms with Crippen LogP contribution >= 0.6 is 11.3 Å². The highest BCUT2D eigenvalue weighted by atomic mass is 32.2. The lowest BCUT2D eigenvalue weighted by molar-refractivity contribution is 0.0702. The Bertz CT molecular complexity index is 781. The summed E-state index contributed by atoms with van der Waals surface area (Å²) in [7, 11) is -3.01. The van der Waals surface area contributed by atoms with E-state index in [9.17, 15) is 18.3 Å². The normalized spacial score (nSPS) is 20.5. The molecular weight excluding hydrogens is 310 g/mol. The highest BCUT2D eigenvalue weighted by Crippen LogP contribution is 2.36. The molecule has 1 unspecified atom stereocenters. The SMILES string of the molecule is O=C(O)c1sc(C2CCS(=O)(=O)C2)nc1-c1ccccc1. The standard InChI is InChI=1S/C14H13NO4S2/c16-14(17)12-11(9-4-2-1-3-5-9)15-13(20-12)10-6-7-21(18,19)8-10/h1-5,10H,6-8H2,(H,16,17). The van der Waals surface area contributed by atoms with Crippen molar-refractivity contribution in [3.05, 3.63) is 40.2 Å². The van der Waals surface area contributed by atoms with E-state index < -0.39 is 15.8 Å². The number of hydrogen-bond acceptors (Lipinski definition) is 5. The van der Waals surface area contributed by atoms with E-state index in [1.807, 2.05) is 18.2 Å². The zero-order chi connectivity index (χ0) is 15.0. The Kier molecular flexibility index (Phi) is 3.54. The van der Waals surface area contributed by atoms with Gasteiger partial charge in [-0.05, 0) is 6.42 Å². The van der Waals surface area contributed by atoms with Gasteiger partial charge in [-0.1, -0.05) is 30.3 Å². The van der Waals surface area contributed by atoms with E-state index in [1.165, 1.54) is 0 Å². The number of nitrogens with zero attached hydrogens (tertiary/aromatic N) is 1. The van der Waals surface area contributed by atoms with Crippen molar-refractivity contribution in [2.75, 3.05) is 11.5 Å². The van der Waals surface area contributed by atoms with Gasteiger partial charge in [-0.3, -0.25) is 0 Å². The zero-order valence-electron chi connectivity index (χ0n) is 11.0. The molecule has 1 aromatic carbocycles. The highest BCUT2D eigenvalue weighted by Gasteiger charge is 2.32. The highest BCUT2D eigenvalue weighted by molar-refractivity contribution is 7.91. The summed E-state index contributed by atoms with van der Waals surface area (Å²) >= 11 is 1.09. The van der Waals surface area contributed by atoms with Crippen LogP contribution in [0.2, 0.25) is 0 Å². The van der Waals surface area contributed by atoms with Crippen LogP contribution < -0.4 is 0 Å². The van der Waals surface area contributed by atoms with Crippen LogP contribution in [0.25, 0.3) is 11.3 Å². The number of sulfone groups is 1. The Morgan fingerprint density at radius 2 is 2.00 bits per heavy atom. The number of hydrogen-bond donors (Lipinski definition) is 1. The van der Waals surface area contributed by atoms with E-state index in [-0.39, 0.29) is 22.3 Å². The maximum absolute atomic E-state index is 11.6. The summed E-state index contributed by atoms with van der Waals surface area (Å²) in [5, 5.41) is 9.94. The van der Waals surface area contributed by atoms with E-state index in [0.29, 0.717) is 17.1 Å². The van der Waals surface area contributed by atoms with Crippen molar-refractivity contribution >= 4 is 27.1 Å². The van der Waals surface area contributed by atoms with Crippen molar-refractivity contribution < 1.29 is 18.3 Å². The van der Waals surface area contributed by atoms with Gasteiger partial charge in [-0.15, -0.1) is 11.3 Å². The lowest BCUT2D eigenvalue weighted by atomic mass is 10.1. The van der Waals surface area contributed by atoms with Crippen LogP contribution in [-0.4, -0.2) is 36.0 Å². The summed E-state index contributed by atoms with van der Waals surface area (Å²) < 4.78 is 23.1. The number of carboxylic acid groups (broad SMARTS) is 1. The number of carboxylic acids is 1. The molecule has 0 aliphatic carbocycles. The number of aromatic nitrogens is 1. The molecule has 0 radical (unpaired) electrons. The number of aromatic carboxylic acids is 1. The van der Waals surface area contributed by atoms with Crippen molar-refractivity contribution in [1.82, 2.24) is 4.98 Å². The third kappa shape index (κ3) is 2.84. The maximum atomic E-state index is 11.6. The molecule has 110 valence electrons. The van der Waals surface area contributed by atoms with Gasteiger partial charge in [0, 0.05) is 11.5 Å².